The van der Waals surface area contributed by atoms with Gasteiger partial charge in [0, 0.05) is 17.0 Å². The zero-order valence-corrected chi connectivity index (χ0v) is 22.1. The minimum atomic E-state index is -1.44. The fourth-order valence-corrected chi connectivity index (χ4v) is 6.92. The number of urea groups is 1. The molecule has 0 bridgehead atoms. The molecule has 39 heavy (non-hydrogen) atoms. The number of likely N-dealkylation sites (N-methyl/N-ethyl adjacent to an activating group) is 1. The highest BCUT2D eigenvalue weighted by molar-refractivity contribution is 7.14. The molecule has 4 amide bonds. The first-order valence-electron chi connectivity index (χ1n) is 12.0. The predicted molar refractivity (Wildman–Crippen MR) is 138 cm³/mol. The van der Waals surface area contributed by atoms with Gasteiger partial charge in [-0.15, -0.1) is 4.48 Å². The lowest BCUT2D eigenvalue weighted by molar-refractivity contribution is -0.650. The van der Waals surface area contributed by atoms with E-state index < -0.39 is 44.4 Å². The molecule has 3 aliphatic heterocycles. The summed E-state index contributed by atoms with van der Waals surface area (Å²) in [5, 5.41) is 14.5. The first-order chi connectivity index (χ1) is 18.7. The number of amides is 4. The molecule has 4 heterocycles. The van der Waals surface area contributed by atoms with Gasteiger partial charge < -0.3 is 9.47 Å². The van der Waals surface area contributed by atoms with Crippen LogP contribution in [0.1, 0.15) is 33.2 Å². The summed E-state index contributed by atoms with van der Waals surface area (Å²) in [6.45, 7) is -0.0363. The van der Waals surface area contributed by atoms with Crippen LogP contribution >= 0.6 is 11.3 Å². The maximum atomic E-state index is 14.6. The zero-order chi connectivity index (χ0) is 27.7. The number of methoxy groups -OCH3 is 2. The van der Waals surface area contributed by atoms with E-state index in [9.17, 15) is 24.4 Å². The van der Waals surface area contributed by atoms with Gasteiger partial charge in [0.25, 0.3) is 10.7 Å². The van der Waals surface area contributed by atoms with Crippen molar-refractivity contribution in [3.05, 3.63) is 70.2 Å². The quantitative estimate of drug-likeness (QED) is 0.229. The number of imide groups is 1. The van der Waals surface area contributed by atoms with Crippen molar-refractivity contribution in [2.24, 2.45) is 0 Å². The van der Waals surface area contributed by atoms with Gasteiger partial charge in [0.2, 0.25) is 0 Å². The van der Waals surface area contributed by atoms with Crippen molar-refractivity contribution in [1.82, 2.24) is 14.8 Å². The van der Waals surface area contributed by atoms with E-state index in [0.29, 0.717) is 28.1 Å². The van der Waals surface area contributed by atoms with Crippen LogP contribution in [0.25, 0.3) is 0 Å². The van der Waals surface area contributed by atoms with Gasteiger partial charge in [0.05, 0.1) is 39.3 Å². The molecule has 2 fully saturated rings. The number of rotatable bonds is 4. The Bertz CT molecular complexity index is 1640. The van der Waals surface area contributed by atoms with Crippen LogP contribution < -0.4 is 14.5 Å². The minimum Gasteiger partial charge on any atom is -0.497 e. The van der Waals surface area contributed by atoms with Crippen LogP contribution in [0.4, 0.5) is 15.6 Å². The minimum absolute atomic E-state index is 0.0363. The molecule has 3 aliphatic rings. The van der Waals surface area contributed by atoms with Gasteiger partial charge in [-0.2, -0.15) is 14.7 Å². The summed E-state index contributed by atoms with van der Waals surface area (Å²) in [5.41, 5.74) is 0.606. The average Bonchev–Trinajstić information content (AvgIpc) is 3.23. The number of nitriles is 1. The molecule has 0 aliphatic carbocycles. The van der Waals surface area contributed by atoms with Crippen molar-refractivity contribution in [3.8, 4) is 11.8 Å². The summed E-state index contributed by atoms with van der Waals surface area (Å²) < 4.78 is 8.80. The van der Waals surface area contributed by atoms with Crippen molar-refractivity contribution in [2.75, 3.05) is 27.8 Å². The van der Waals surface area contributed by atoms with E-state index in [1.807, 2.05) is 0 Å². The van der Waals surface area contributed by atoms with Crippen molar-refractivity contribution < 1.29 is 33.1 Å². The van der Waals surface area contributed by atoms with E-state index in [1.54, 1.807) is 49.5 Å². The van der Waals surface area contributed by atoms with Crippen molar-refractivity contribution >= 4 is 46.0 Å². The van der Waals surface area contributed by atoms with Crippen LogP contribution in [0.15, 0.2) is 47.8 Å². The molecule has 0 saturated carbocycles. The second-order valence-electron chi connectivity index (χ2n) is 9.90. The molecule has 11 nitrogen and oxygen atoms in total. The lowest BCUT2D eigenvalue weighted by atomic mass is 9.86. The van der Waals surface area contributed by atoms with E-state index in [0.717, 1.165) is 11.3 Å². The third kappa shape index (κ3) is 3.06. The van der Waals surface area contributed by atoms with Gasteiger partial charge in [-0.3, -0.25) is 5.32 Å². The van der Waals surface area contributed by atoms with Crippen LogP contribution in [0.3, 0.4) is 0 Å². The topological polar surface area (TPSA) is 135 Å². The van der Waals surface area contributed by atoms with Gasteiger partial charge in [-0.25, -0.2) is 19.2 Å². The normalized spacial score (nSPS) is 28.7. The van der Waals surface area contributed by atoms with Crippen LogP contribution in [-0.4, -0.2) is 66.6 Å². The highest BCUT2D eigenvalue weighted by Crippen LogP contribution is 2.58. The maximum Gasteiger partial charge on any atom is 0.426 e. The molecule has 6 rings (SSSR count). The number of nitrogens with one attached hydrogen (secondary N) is 1. The molecule has 3 aromatic rings. The van der Waals surface area contributed by atoms with Gasteiger partial charge in [0.1, 0.15) is 5.75 Å². The highest BCUT2D eigenvalue weighted by atomic mass is 32.1. The summed E-state index contributed by atoms with van der Waals surface area (Å²) in [7, 11) is 4.39. The molecular weight excluding hydrogens is 522 g/mol. The fourth-order valence-electron chi connectivity index (χ4n) is 6.01. The van der Waals surface area contributed by atoms with Crippen LogP contribution in [0.2, 0.25) is 0 Å². The van der Waals surface area contributed by atoms with Crippen molar-refractivity contribution in [1.29, 1.82) is 5.26 Å². The third-order valence-corrected chi connectivity index (χ3v) is 9.12. The number of carbonyl (C=O) groups excluding carboxylic acids is 4. The second kappa shape index (κ2) is 8.28. The van der Waals surface area contributed by atoms with Gasteiger partial charge >= 0.3 is 23.8 Å². The molecule has 2 saturated heterocycles. The molecule has 2 spiro atoms. The average molecular weight is 546 g/mol. The smallest absolute Gasteiger partial charge is 0.426 e. The SMILES string of the molecule is COC(=O)c1csc([N+]2(C)C(=O)C3(Cc4c(C#N)cccc42)C[N+]32C(=O)N[C@H](c3ccc(OC)cc3)C2=O)n1. The molecule has 1 aromatic heterocycles. The lowest BCUT2D eigenvalue weighted by Gasteiger charge is -2.36. The van der Waals surface area contributed by atoms with E-state index >= 15 is 0 Å². The Kier molecular flexibility index (Phi) is 5.28. The Balaban J connectivity index is 1.49. The number of nitrogens with zero attached hydrogens (tertiary/aromatic N) is 4. The van der Waals surface area contributed by atoms with E-state index in [-0.39, 0.29) is 23.8 Å². The Morgan fingerprint density at radius 2 is 1.92 bits per heavy atom. The molecule has 2 aromatic carbocycles. The number of thiazole rings is 1. The Hall–Kier alpha value is -4.44. The Labute approximate surface area is 227 Å². The molecule has 0 radical (unpaired) electrons. The maximum absolute atomic E-state index is 14.6. The first-order valence-corrected chi connectivity index (χ1v) is 12.9. The predicted octanol–water partition coefficient (Wildman–Crippen LogP) is 2.72. The number of quaternary nitrogens is 2. The monoisotopic (exact) mass is 545 g/mol. The van der Waals surface area contributed by atoms with E-state index in [4.69, 9.17) is 9.47 Å². The Morgan fingerprint density at radius 1 is 1.18 bits per heavy atom. The van der Waals surface area contributed by atoms with Crippen LogP contribution in [0.5, 0.6) is 5.75 Å². The number of ether oxygens (including phenoxy) is 2. The standard InChI is InChI=1S/C27H22N5O6S/c1-31(26-29-19(13-39-26)23(34)38-3)20-6-4-5-16(12-28)18(20)11-27(24(31)35)14-32(27)22(33)21(30-25(32)36)15-7-9-17(37-2)10-8-15/h4-10,13,21H,11,14H2,1-3H3/q+1/p+1/t21-,27?,31?,32?/m1/s1. The molecule has 196 valence electrons. The van der Waals surface area contributed by atoms with Crippen molar-refractivity contribution in [2.45, 2.75) is 18.0 Å². The van der Waals surface area contributed by atoms with Gasteiger partial charge in [0.15, 0.2) is 24.0 Å². The molecular formula is C27H23N5O6S+2. The highest BCUT2D eigenvalue weighted by Gasteiger charge is 2.90. The number of benzene rings is 2. The summed E-state index contributed by atoms with van der Waals surface area (Å²) in [6.07, 6.45) is 0.0441. The molecule has 3 unspecified atom stereocenters. The van der Waals surface area contributed by atoms with Gasteiger partial charge in [-0.1, -0.05) is 29.5 Å². The number of fused-ring (bicyclic) bond motifs is 2. The number of carbonyl (C=O) groups is 4. The third-order valence-electron chi connectivity index (χ3n) is 8.11. The van der Waals surface area contributed by atoms with E-state index in [2.05, 4.69) is 16.4 Å². The number of hydrogen-bond donors (Lipinski definition) is 1. The number of hydrogen-bond acceptors (Lipinski definition) is 9. The molecule has 4 atom stereocenters. The van der Waals surface area contributed by atoms with Crippen LogP contribution in [-0.2, 0) is 20.7 Å². The Morgan fingerprint density at radius 3 is 2.59 bits per heavy atom. The largest absolute Gasteiger partial charge is 0.497 e. The zero-order valence-electron chi connectivity index (χ0n) is 21.3. The van der Waals surface area contributed by atoms with Crippen molar-refractivity contribution in [3.63, 3.8) is 0 Å². The summed E-state index contributed by atoms with van der Waals surface area (Å²) in [5.74, 6) is -0.888. The summed E-state index contributed by atoms with van der Waals surface area (Å²) >= 11 is 1.09. The second-order valence-corrected chi connectivity index (χ2v) is 10.7. The lowest BCUT2D eigenvalue weighted by Crippen LogP contribution is -2.62. The van der Waals surface area contributed by atoms with E-state index in [1.165, 1.54) is 19.6 Å². The molecule has 1 N–H and O–H groups in total. The first kappa shape index (κ1) is 24.9. The molecule has 12 heteroatoms. The summed E-state index contributed by atoms with van der Waals surface area (Å²) in [4.78, 5) is 58.7. The van der Waals surface area contributed by atoms with Gasteiger partial charge in [-0.05, 0) is 23.8 Å². The summed E-state index contributed by atoms with van der Waals surface area (Å²) in [6, 6.07) is 12.6. The fraction of sp³-hybridized carbons (Fsp3) is 0.259. The number of esters is 1. The number of aromatic nitrogens is 1. The van der Waals surface area contributed by atoms with Crippen LogP contribution in [0, 0.1) is 11.3 Å².